The van der Waals surface area contributed by atoms with Crippen LogP contribution in [0, 0.1) is 5.92 Å². The maximum Gasteiger partial charge on any atom is 0.194 e. The van der Waals surface area contributed by atoms with E-state index in [2.05, 4.69) is 4.98 Å². The maximum absolute atomic E-state index is 8.99. The molecule has 1 N–H and O–H groups in total. The third-order valence-electron chi connectivity index (χ3n) is 2.82. The fraction of sp³-hybridized carbons (Fsp3) is 0.727. The summed E-state index contributed by atoms with van der Waals surface area (Å²) in [5, 5.41) is 8.99. The number of aliphatic hydroxyl groups is 1. The second kappa shape index (κ2) is 5.03. The summed E-state index contributed by atoms with van der Waals surface area (Å²) in [6, 6.07) is 0. The molecule has 84 valence electrons. The van der Waals surface area contributed by atoms with Crippen molar-refractivity contribution >= 4 is 11.8 Å². The van der Waals surface area contributed by atoms with Gasteiger partial charge >= 0.3 is 0 Å². The van der Waals surface area contributed by atoms with E-state index in [0.29, 0.717) is 0 Å². The number of thioether (sulfide) groups is 1. The first kappa shape index (κ1) is 11.0. The van der Waals surface area contributed by atoms with Crippen molar-refractivity contribution in [3.63, 3.8) is 0 Å². The molecule has 3 nitrogen and oxygen atoms in total. The lowest BCUT2D eigenvalue weighted by molar-refractivity contribution is 0.254. The summed E-state index contributed by atoms with van der Waals surface area (Å²) in [6.07, 6.45) is 3.97. The maximum atomic E-state index is 8.99. The van der Waals surface area contributed by atoms with Crippen LogP contribution in [-0.4, -0.2) is 28.2 Å². The molecule has 2 unspecified atom stereocenters. The van der Waals surface area contributed by atoms with Gasteiger partial charge in [-0.3, -0.25) is 0 Å². The zero-order valence-corrected chi connectivity index (χ0v) is 9.80. The van der Waals surface area contributed by atoms with Crippen molar-refractivity contribution in [1.29, 1.82) is 0 Å². The molecule has 15 heavy (non-hydrogen) atoms. The predicted molar refractivity (Wildman–Crippen MR) is 61.1 cm³/mol. The largest absolute Gasteiger partial charge is 0.445 e. The Hall–Kier alpha value is -0.480. The third kappa shape index (κ3) is 2.75. The Morgan fingerprint density at radius 2 is 2.60 bits per heavy atom. The molecule has 0 saturated carbocycles. The molecule has 1 aromatic rings. The molecule has 1 aliphatic heterocycles. The lowest BCUT2D eigenvalue weighted by atomic mass is 10.1. The monoisotopic (exact) mass is 227 g/mol. The fourth-order valence-electron chi connectivity index (χ4n) is 1.73. The van der Waals surface area contributed by atoms with Gasteiger partial charge in [0.1, 0.15) is 5.76 Å². The number of oxazole rings is 1. The van der Waals surface area contributed by atoms with Gasteiger partial charge in [0, 0.05) is 12.3 Å². The molecule has 1 fully saturated rings. The van der Waals surface area contributed by atoms with Crippen LogP contribution in [0.15, 0.2) is 10.6 Å². The summed E-state index contributed by atoms with van der Waals surface area (Å²) < 4.78 is 5.62. The topological polar surface area (TPSA) is 46.3 Å². The van der Waals surface area contributed by atoms with Gasteiger partial charge in [0.2, 0.25) is 0 Å². The van der Waals surface area contributed by atoms with Crippen LogP contribution in [0.1, 0.15) is 30.9 Å². The predicted octanol–water partition coefficient (Wildman–Crippen LogP) is 2.07. The van der Waals surface area contributed by atoms with Crippen LogP contribution >= 0.6 is 11.8 Å². The van der Waals surface area contributed by atoms with E-state index in [9.17, 15) is 0 Å². The van der Waals surface area contributed by atoms with Crippen molar-refractivity contribution < 1.29 is 9.52 Å². The van der Waals surface area contributed by atoms with Crippen LogP contribution in [-0.2, 0) is 6.42 Å². The molecule has 1 aromatic heterocycles. The summed E-state index contributed by atoms with van der Waals surface area (Å²) in [4.78, 5) is 4.26. The number of nitrogens with zero attached hydrogens (tertiary/aromatic N) is 1. The smallest absolute Gasteiger partial charge is 0.194 e. The number of aliphatic hydroxyl groups excluding tert-OH is 1. The number of aromatic nitrogens is 1. The van der Waals surface area contributed by atoms with Crippen molar-refractivity contribution in [3.05, 3.63) is 17.8 Å². The first-order valence-corrected chi connectivity index (χ1v) is 6.58. The molecule has 2 heterocycles. The summed E-state index contributed by atoms with van der Waals surface area (Å²) in [7, 11) is 0. The molecule has 0 radical (unpaired) electrons. The molecular weight excluding hydrogens is 210 g/mol. The van der Waals surface area contributed by atoms with Crippen molar-refractivity contribution in [2.24, 2.45) is 5.92 Å². The van der Waals surface area contributed by atoms with E-state index in [4.69, 9.17) is 9.52 Å². The van der Waals surface area contributed by atoms with Crippen LogP contribution in [0.4, 0.5) is 0 Å². The highest BCUT2D eigenvalue weighted by molar-refractivity contribution is 7.99. The van der Waals surface area contributed by atoms with E-state index < -0.39 is 0 Å². The Balaban J connectivity index is 1.94. The molecule has 2 rings (SSSR count). The minimum absolute atomic E-state index is 0.0594. The van der Waals surface area contributed by atoms with Gasteiger partial charge in [-0.1, -0.05) is 6.92 Å². The summed E-state index contributed by atoms with van der Waals surface area (Å²) in [5.74, 6) is 4.92. The number of hydrogen-bond donors (Lipinski definition) is 1. The first-order valence-electron chi connectivity index (χ1n) is 5.42. The minimum atomic E-state index is 0.0594. The molecule has 0 bridgehead atoms. The van der Waals surface area contributed by atoms with E-state index in [1.54, 1.807) is 6.20 Å². The average molecular weight is 227 g/mol. The van der Waals surface area contributed by atoms with E-state index in [0.717, 1.165) is 24.0 Å². The Morgan fingerprint density at radius 3 is 3.27 bits per heavy atom. The summed E-state index contributed by atoms with van der Waals surface area (Å²) in [5.41, 5.74) is 0. The molecule has 0 amide bonds. The summed E-state index contributed by atoms with van der Waals surface area (Å²) in [6.45, 7) is 2.06. The van der Waals surface area contributed by atoms with Gasteiger partial charge in [0.25, 0.3) is 0 Å². The quantitative estimate of drug-likeness (QED) is 0.855. The van der Waals surface area contributed by atoms with Crippen molar-refractivity contribution in [2.45, 2.75) is 25.7 Å². The zero-order chi connectivity index (χ0) is 10.7. The van der Waals surface area contributed by atoms with Gasteiger partial charge in [0.15, 0.2) is 5.89 Å². The molecule has 4 heteroatoms. The third-order valence-corrected chi connectivity index (χ3v) is 4.05. The first-order chi connectivity index (χ1) is 7.29. The molecular formula is C11H17NO2S. The van der Waals surface area contributed by atoms with Crippen LogP contribution in [0.2, 0.25) is 0 Å². The van der Waals surface area contributed by atoms with Gasteiger partial charge < -0.3 is 9.52 Å². The Bertz CT molecular complexity index is 307. The van der Waals surface area contributed by atoms with E-state index in [1.807, 2.05) is 18.7 Å². The number of hydrogen-bond acceptors (Lipinski definition) is 4. The van der Waals surface area contributed by atoms with E-state index >= 15 is 0 Å². The van der Waals surface area contributed by atoms with Crippen molar-refractivity contribution in [2.75, 3.05) is 18.1 Å². The van der Waals surface area contributed by atoms with Gasteiger partial charge in [-0.05, 0) is 23.8 Å². The van der Waals surface area contributed by atoms with E-state index in [1.165, 1.54) is 17.9 Å². The normalized spacial score (nSPS) is 23.2. The van der Waals surface area contributed by atoms with Gasteiger partial charge in [-0.2, -0.15) is 11.8 Å². The Kier molecular flexibility index (Phi) is 3.70. The highest BCUT2D eigenvalue weighted by Crippen LogP contribution is 2.27. The van der Waals surface area contributed by atoms with Crippen LogP contribution < -0.4 is 0 Å². The molecule has 2 atom stereocenters. The number of rotatable bonds is 4. The fourth-order valence-corrected chi connectivity index (χ4v) is 3.01. The lowest BCUT2D eigenvalue weighted by Crippen LogP contribution is -2.02. The highest BCUT2D eigenvalue weighted by Gasteiger charge is 2.19. The SMILES string of the molecule is CC(CO)c1cnc(CC2CCSC2)o1. The molecule has 1 aliphatic rings. The van der Waals surface area contributed by atoms with Gasteiger partial charge in [0.05, 0.1) is 12.8 Å². The van der Waals surface area contributed by atoms with Crippen molar-refractivity contribution in [3.8, 4) is 0 Å². The molecule has 0 aliphatic carbocycles. The van der Waals surface area contributed by atoms with Crippen LogP contribution in [0.5, 0.6) is 0 Å². The minimum Gasteiger partial charge on any atom is -0.445 e. The van der Waals surface area contributed by atoms with Crippen LogP contribution in [0.3, 0.4) is 0 Å². The second-order valence-electron chi connectivity index (χ2n) is 4.17. The van der Waals surface area contributed by atoms with Crippen LogP contribution in [0.25, 0.3) is 0 Å². The standard InChI is InChI=1S/C11H17NO2S/c1-8(6-13)10-5-12-11(14-10)4-9-2-3-15-7-9/h5,8-9,13H,2-4,6-7H2,1H3. The zero-order valence-electron chi connectivity index (χ0n) is 8.98. The van der Waals surface area contributed by atoms with Gasteiger partial charge in [-0.15, -0.1) is 0 Å². The second-order valence-corrected chi connectivity index (χ2v) is 5.32. The molecule has 1 saturated heterocycles. The molecule has 0 aromatic carbocycles. The Labute approximate surface area is 94.3 Å². The molecule has 0 spiro atoms. The van der Waals surface area contributed by atoms with E-state index in [-0.39, 0.29) is 12.5 Å². The lowest BCUT2D eigenvalue weighted by Gasteiger charge is -2.04. The average Bonchev–Trinajstić information content (AvgIpc) is 2.88. The highest BCUT2D eigenvalue weighted by atomic mass is 32.2. The summed E-state index contributed by atoms with van der Waals surface area (Å²) >= 11 is 2.01. The van der Waals surface area contributed by atoms with Gasteiger partial charge in [-0.25, -0.2) is 4.98 Å². The Morgan fingerprint density at radius 1 is 1.73 bits per heavy atom. The van der Waals surface area contributed by atoms with Crippen molar-refractivity contribution in [1.82, 2.24) is 4.98 Å².